The van der Waals surface area contributed by atoms with E-state index in [0.29, 0.717) is 40.3 Å². The minimum absolute atomic E-state index is 0.0813. The third kappa shape index (κ3) is 4.20. The van der Waals surface area contributed by atoms with E-state index in [0.717, 1.165) is 12.0 Å². The van der Waals surface area contributed by atoms with Crippen LogP contribution in [0.3, 0.4) is 0 Å². The van der Waals surface area contributed by atoms with Gasteiger partial charge in [0.2, 0.25) is 11.7 Å². The maximum absolute atomic E-state index is 12.0. The Bertz CT molecular complexity index is 934. The number of hydrogen-bond acceptors (Lipinski definition) is 7. The number of aromatic nitrogens is 4. The summed E-state index contributed by atoms with van der Waals surface area (Å²) in [6.45, 7) is 3.78. The molecule has 3 rings (SSSR count). The summed E-state index contributed by atoms with van der Waals surface area (Å²) < 4.78 is 5.29. The van der Waals surface area contributed by atoms with Crippen LogP contribution >= 0.6 is 11.8 Å². The number of aliphatic hydroxyl groups excluding tert-OH is 1. The molecule has 0 fully saturated rings. The summed E-state index contributed by atoms with van der Waals surface area (Å²) in [7, 11) is 0. The molecule has 26 heavy (non-hydrogen) atoms. The molecule has 7 nitrogen and oxygen atoms in total. The van der Waals surface area contributed by atoms with Gasteiger partial charge < -0.3 is 14.6 Å². The van der Waals surface area contributed by atoms with Crippen LogP contribution in [0.15, 0.2) is 38.7 Å². The van der Waals surface area contributed by atoms with Gasteiger partial charge in [0.15, 0.2) is 5.16 Å². The second-order valence-electron chi connectivity index (χ2n) is 5.76. The van der Waals surface area contributed by atoms with Gasteiger partial charge in [0.05, 0.1) is 5.75 Å². The molecule has 0 amide bonds. The molecular weight excluding hydrogens is 352 g/mol. The van der Waals surface area contributed by atoms with Gasteiger partial charge in [-0.05, 0) is 18.9 Å². The first-order valence-electron chi connectivity index (χ1n) is 8.36. The normalized spacial score (nSPS) is 11.0. The van der Waals surface area contributed by atoms with Crippen molar-refractivity contribution in [2.75, 3.05) is 6.61 Å². The average Bonchev–Trinajstić information content (AvgIpc) is 3.12. The van der Waals surface area contributed by atoms with Crippen molar-refractivity contribution in [3.63, 3.8) is 0 Å². The van der Waals surface area contributed by atoms with E-state index in [2.05, 4.69) is 27.0 Å². The van der Waals surface area contributed by atoms with Gasteiger partial charge in [0, 0.05) is 29.8 Å². The van der Waals surface area contributed by atoms with Crippen molar-refractivity contribution >= 4 is 11.8 Å². The molecule has 0 atom stereocenters. The zero-order chi connectivity index (χ0) is 18.5. The van der Waals surface area contributed by atoms with Gasteiger partial charge in [-0.3, -0.25) is 4.79 Å². The van der Waals surface area contributed by atoms with Crippen LogP contribution in [0.25, 0.3) is 11.4 Å². The highest BCUT2D eigenvalue weighted by Gasteiger charge is 2.12. The van der Waals surface area contributed by atoms with Crippen molar-refractivity contribution < 1.29 is 9.63 Å². The lowest BCUT2D eigenvalue weighted by Crippen LogP contribution is -2.18. The Kier molecular flexibility index (Phi) is 5.85. The molecule has 3 aromatic rings. The van der Waals surface area contributed by atoms with Crippen molar-refractivity contribution in [1.82, 2.24) is 20.1 Å². The fourth-order valence-electron chi connectivity index (χ4n) is 2.51. The Morgan fingerprint density at radius 3 is 2.65 bits per heavy atom. The molecule has 1 aromatic carbocycles. The number of hydrogen-bond donors (Lipinski definition) is 2. The number of H-pyrrole nitrogens is 1. The fourth-order valence-corrected chi connectivity index (χ4v) is 3.25. The molecule has 0 unspecified atom stereocenters. The summed E-state index contributed by atoms with van der Waals surface area (Å²) in [6.07, 6.45) is 1.28. The maximum Gasteiger partial charge on any atom is 0.255 e. The van der Waals surface area contributed by atoms with Crippen LogP contribution in [0.2, 0.25) is 0 Å². The molecule has 2 N–H and O–H groups in total. The summed E-state index contributed by atoms with van der Waals surface area (Å²) in [5.74, 6) is 1.41. The van der Waals surface area contributed by atoms with E-state index in [1.165, 1.54) is 17.3 Å². The third-order valence-electron chi connectivity index (χ3n) is 3.98. The van der Waals surface area contributed by atoms with Crippen LogP contribution in [0, 0.1) is 6.92 Å². The van der Waals surface area contributed by atoms with Gasteiger partial charge >= 0.3 is 0 Å². The zero-order valence-corrected chi connectivity index (χ0v) is 15.5. The highest BCUT2D eigenvalue weighted by atomic mass is 32.2. The second-order valence-corrected chi connectivity index (χ2v) is 6.72. The van der Waals surface area contributed by atoms with E-state index < -0.39 is 0 Å². The molecule has 0 radical (unpaired) electrons. The SMILES string of the molecule is CCc1ccc(-c2noc(CSc3nc(C)c(CCO)c(=O)[nH]3)n2)cc1. The lowest BCUT2D eigenvalue weighted by molar-refractivity contribution is 0.298. The molecule has 0 spiro atoms. The van der Waals surface area contributed by atoms with E-state index in [-0.39, 0.29) is 12.2 Å². The Morgan fingerprint density at radius 2 is 2.00 bits per heavy atom. The first kappa shape index (κ1) is 18.3. The number of benzene rings is 1. The number of thioether (sulfide) groups is 1. The number of nitrogens with one attached hydrogen (secondary N) is 1. The smallest absolute Gasteiger partial charge is 0.255 e. The topological polar surface area (TPSA) is 105 Å². The van der Waals surface area contributed by atoms with Gasteiger partial charge in [0.1, 0.15) is 0 Å². The Labute approximate surface area is 154 Å². The number of aromatic amines is 1. The molecule has 2 aromatic heterocycles. The molecule has 0 bridgehead atoms. The lowest BCUT2D eigenvalue weighted by Gasteiger charge is -2.04. The molecule has 0 aliphatic rings. The van der Waals surface area contributed by atoms with Crippen LogP contribution in [0.5, 0.6) is 0 Å². The van der Waals surface area contributed by atoms with Gasteiger partial charge in [0.25, 0.3) is 5.56 Å². The lowest BCUT2D eigenvalue weighted by atomic mass is 10.1. The third-order valence-corrected chi connectivity index (χ3v) is 4.84. The Hall–Kier alpha value is -2.45. The van der Waals surface area contributed by atoms with E-state index in [1.54, 1.807) is 6.92 Å². The van der Waals surface area contributed by atoms with E-state index in [1.807, 2.05) is 24.3 Å². The van der Waals surface area contributed by atoms with Crippen LogP contribution in [0.1, 0.15) is 29.6 Å². The van der Waals surface area contributed by atoms with Crippen molar-refractivity contribution in [1.29, 1.82) is 0 Å². The van der Waals surface area contributed by atoms with Crippen molar-refractivity contribution in [2.24, 2.45) is 0 Å². The second kappa shape index (κ2) is 8.29. The first-order chi connectivity index (χ1) is 12.6. The van der Waals surface area contributed by atoms with Crippen molar-refractivity contribution in [3.8, 4) is 11.4 Å². The molecular formula is C18H20N4O3S. The molecule has 0 saturated heterocycles. The Balaban J connectivity index is 1.69. The quantitative estimate of drug-likeness (QED) is 0.485. The molecule has 8 heteroatoms. The highest BCUT2D eigenvalue weighted by Crippen LogP contribution is 2.21. The van der Waals surface area contributed by atoms with Gasteiger partial charge in [-0.25, -0.2) is 4.98 Å². The largest absolute Gasteiger partial charge is 0.396 e. The molecule has 0 aliphatic heterocycles. The average molecular weight is 372 g/mol. The Morgan fingerprint density at radius 1 is 1.23 bits per heavy atom. The summed E-state index contributed by atoms with van der Waals surface area (Å²) in [4.78, 5) is 23.5. The molecule has 2 heterocycles. The van der Waals surface area contributed by atoms with Crippen LogP contribution in [0.4, 0.5) is 0 Å². The minimum atomic E-state index is -0.226. The summed E-state index contributed by atoms with van der Waals surface area (Å²) in [6, 6.07) is 8.04. The first-order valence-corrected chi connectivity index (χ1v) is 9.34. The van der Waals surface area contributed by atoms with E-state index in [4.69, 9.17) is 9.63 Å². The molecule has 0 aliphatic carbocycles. The number of aliphatic hydroxyl groups is 1. The zero-order valence-electron chi connectivity index (χ0n) is 14.7. The van der Waals surface area contributed by atoms with Gasteiger partial charge in [-0.2, -0.15) is 4.98 Å². The van der Waals surface area contributed by atoms with Gasteiger partial charge in [-0.1, -0.05) is 48.1 Å². The summed E-state index contributed by atoms with van der Waals surface area (Å²) in [5.41, 5.74) is 3.05. The predicted molar refractivity (Wildman–Crippen MR) is 99.1 cm³/mol. The molecule has 136 valence electrons. The van der Waals surface area contributed by atoms with Crippen LogP contribution in [-0.2, 0) is 18.6 Å². The minimum Gasteiger partial charge on any atom is -0.396 e. The highest BCUT2D eigenvalue weighted by molar-refractivity contribution is 7.98. The summed E-state index contributed by atoms with van der Waals surface area (Å²) in [5, 5.41) is 13.5. The standard InChI is InChI=1S/C18H20N4O3S/c1-3-12-4-6-13(7-5-12)16-20-15(25-22-16)10-26-18-19-11(2)14(8-9-23)17(24)21-18/h4-7,23H,3,8-10H2,1-2H3,(H,19,21,24). The van der Waals surface area contributed by atoms with E-state index in [9.17, 15) is 4.79 Å². The monoisotopic (exact) mass is 372 g/mol. The predicted octanol–water partition coefficient (Wildman–Crippen LogP) is 2.52. The molecule has 0 saturated carbocycles. The number of aryl methyl sites for hydroxylation is 2. The van der Waals surface area contributed by atoms with E-state index >= 15 is 0 Å². The van der Waals surface area contributed by atoms with Gasteiger partial charge in [-0.15, -0.1) is 0 Å². The number of rotatable bonds is 7. The number of nitrogens with zero attached hydrogens (tertiary/aromatic N) is 3. The van der Waals surface area contributed by atoms with Crippen LogP contribution < -0.4 is 5.56 Å². The fraction of sp³-hybridized carbons (Fsp3) is 0.333. The van der Waals surface area contributed by atoms with Crippen LogP contribution in [-0.4, -0.2) is 31.8 Å². The van der Waals surface area contributed by atoms with Crippen molar-refractivity contribution in [3.05, 3.63) is 57.3 Å². The van der Waals surface area contributed by atoms with Crippen molar-refractivity contribution in [2.45, 2.75) is 37.6 Å². The maximum atomic E-state index is 12.0. The summed E-state index contributed by atoms with van der Waals surface area (Å²) >= 11 is 1.32.